The minimum atomic E-state index is -0.124. The summed E-state index contributed by atoms with van der Waals surface area (Å²) in [6.07, 6.45) is 0. The smallest absolute Gasteiger partial charge is 0.271 e. The number of H-pyrrole nitrogens is 1. The lowest BCUT2D eigenvalue weighted by atomic mass is 10.1. The molecule has 1 rings (SSSR count). The Labute approximate surface area is 108 Å². The minimum absolute atomic E-state index is 0. The summed E-state index contributed by atoms with van der Waals surface area (Å²) in [6.45, 7) is 8.46. The number of halogens is 1. The van der Waals surface area contributed by atoms with Crippen LogP contribution < -0.4 is 10.6 Å². The Morgan fingerprint density at radius 2 is 2.18 bits per heavy atom. The summed E-state index contributed by atoms with van der Waals surface area (Å²) >= 11 is 0. The van der Waals surface area contributed by atoms with Crippen LogP contribution in [0, 0.1) is 0 Å². The lowest BCUT2D eigenvalue weighted by Gasteiger charge is -2.02. The maximum atomic E-state index is 11.6. The van der Waals surface area contributed by atoms with Crippen molar-refractivity contribution in [3.05, 3.63) is 17.5 Å². The second-order valence-corrected chi connectivity index (χ2v) is 3.97. The number of likely N-dealkylation sites (N-methyl/N-ethyl adjacent to an activating group) is 1. The molecule has 1 aromatic heterocycles. The van der Waals surface area contributed by atoms with Crippen molar-refractivity contribution in [2.45, 2.75) is 26.7 Å². The zero-order valence-corrected chi connectivity index (χ0v) is 11.4. The van der Waals surface area contributed by atoms with Crippen LogP contribution in [0.3, 0.4) is 0 Å². The van der Waals surface area contributed by atoms with Gasteiger partial charge in [-0.2, -0.15) is 5.10 Å². The van der Waals surface area contributed by atoms with E-state index in [0.717, 1.165) is 18.8 Å². The van der Waals surface area contributed by atoms with Crippen LogP contribution in [0.4, 0.5) is 0 Å². The predicted molar refractivity (Wildman–Crippen MR) is 70.8 cm³/mol. The molecule has 1 amide bonds. The standard InChI is InChI=1S/C11H20N4O.ClH/c1-4-12-5-6-13-11(16)10-7-9(8(2)3)14-15-10;/h7-8,12H,4-6H2,1-3H3,(H,13,16)(H,14,15);1H. The molecule has 0 unspecified atom stereocenters. The fourth-order valence-electron chi connectivity index (χ4n) is 1.28. The maximum Gasteiger partial charge on any atom is 0.271 e. The number of aromatic amines is 1. The van der Waals surface area contributed by atoms with Gasteiger partial charge in [0.2, 0.25) is 0 Å². The van der Waals surface area contributed by atoms with Crippen LogP contribution in [-0.2, 0) is 0 Å². The van der Waals surface area contributed by atoms with E-state index in [1.807, 2.05) is 6.92 Å². The van der Waals surface area contributed by atoms with Gasteiger partial charge in [0.15, 0.2) is 0 Å². The van der Waals surface area contributed by atoms with Crippen LogP contribution in [0.25, 0.3) is 0 Å². The Hall–Kier alpha value is -1.07. The summed E-state index contributed by atoms with van der Waals surface area (Å²) in [5, 5.41) is 12.8. The molecule has 0 aliphatic rings. The first-order chi connectivity index (χ1) is 7.65. The van der Waals surface area contributed by atoms with Gasteiger partial charge in [0.1, 0.15) is 5.69 Å². The molecule has 0 aromatic carbocycles. The van der Waals surface area contributed by atoms with Gasteiger partial charge in [-0.3, -0.25) is 9.89 Å². The number of amides is 1. The van der Waals surface area contributed by atoms with Gasteiger partial charge in [-0.1, -0.05) is 20.8 Å². The molecule has 0 aliphatic heterocycles. The summed E-state index contributed by atoms with van der Waals surface area (Å²) in [4.78, 5) is 11.6. The van der Waals surface area contributed by atoms with Crippen molar-refractivity contribution >= 4 is 18.3 Å². The average molecular weight is 261 g/mol. The van der Waals surface area contributed by atoms with E-state index in [-0.39, 0.29) is 18.3 Å². The topological polar surface area (TPSA) is 69.8 Å². The van der Waals surface area contributed by atoms with Crippen LogP contribution in [-0.4, -0.2) is 35.7 Å². The predicted octanol–water partition coefficient (Wildman–Crippen LogP) is 1.29. The molecule has 1 heterocycles. The van der Waals surface area contributed by atoms with E-state index < -0.39 is 0 Å². The van der Waals surface area contributed by atoms with E-state index in [0.29, 0.717) is 18.2 Å². The third-order valence-corrected chi connectivity index (χ3v) is 2.29. The van der Waals surface area contributed by atoms with E-state index in [4.69, 9.17) is 0 Å². The fraction of sp³-hybridized carbons (Fsp3) is 0.636. The van der Waals surface area contributed by atoms with Crippen molar-refractivity contribution in [2.24, 2.45) is 0 Å². The van der Waals surface area contributed by atoms with Crippen LogP contribution >= 0.6 is 12.4 Å². The molecule has 0 aliphatic carbocycles. The quantitative estimate of drug-likeness (QED) is 0.675. The Kier molecular flexibility index (Phi) is 7.58. The van der Waals surface area contributed by atoms with Gasteiger partial charge in [-0.05, 0) is 18.5 Å². The van der Waals surface area contributed by atoms with Crippen LogP contribution in [0.1, 0.15) is 42.9 Å². The minimum Gasteiger partial charge on any atom is -0.349 e. The Morgan fingerprint density at radius 1 is 1.47 bits per heavy atom. The average Bonchev–Trinajstić information content (AvgIpc) is 2.73. The first-order valence-corrected chi connectivity index (χ1v) is 5.69. The van der Waals surface area contributed by atoms with Gasteiger partial charge >= 0.3 is 0 Å². The maximum absolute atomic E-state index is 11.6. The molecule has 5 nitrogen and oxygen atoms in total. The lowest BCUT2D eigenvalue weighted by Crippen LogP contribution is -2.31. The molecule has 0 saturated carbocycles. The number of nitrogens with zero attached hydrogens (tertiary/aromatic N) is 1. The second kappa shape index (κ2) is 8.08. The molecule has 0 spiro atoms. The zero-order valence-electron chi connectivity index (χ0n) is 10.5. The second-order valence-electron chi connectivity index (χ2n) is 3.97. The van der Waals surface area contributed by atoms with E-state index in [9.17, 15) is 4.79 Å². The summed E-state index contributed by atoms with van der Waals surface area (Å²) in [5.41, 5.74) is 1.44. The number of rotatable bonds is 6. The molecule has 1 aromatic rings. The number of aromatic nitrogens is 2. The fourth-order valence-corrected chi connectivity index (χ4v) is 1.28. The van der Waals surface area contributed by atoms with Crippen molar-refractivity contribution < 1.29 is 4.79 Å². The SMILES string of the molecule is CCNCCNC(=O)c1cc(C(C)C)[nH]n1.Cl. The highest BCUT2D eigenvalue weighted by atomic mass is 35.5. The zero-order chi connectivity index (χ0) is 12.0. The first-order valence-electron chi connectivity index (χ1n) is 5.69. The van der Waals surface area contributed by atoms with Crippen molar-refractivity contribution in [1.29, 1.82) is 0 Å². The van der Waals surface area contributed by atoms with Crippen molar-refractivity contribution in [3.8, 4) is 0 Å². The summed E-state index contributed by atoms with van der Waals surface area (Å²) in [7, 11) is 0. The molecule has 0 fully saturated rings. The van der Waals surface area contributed by atoms with Gasteiger partial charge in [-0.15, -0.1) is 12.4 Å². The molecule has 0 bridgehead atoms. The number of hydrogen-bond acceptors (Lipinski definition) is 3. The van der Waals surface area contributed by atoms with E-state index >= 15 is 0 Å². The monoisotopic (exact) mass is 260 g/mol. The number of hydrogen-bond donors (Lipinski definition) is 3. The third kappa shape index (κ3) is 5.19. The van der Waals surface area contributed by atoms with Crippen molar-refractivity contribution in [2.75, 3.05) is 19.6 Å². The van der Waals surface area contributed by atoms with Crippen LogP contribution in [0.2, 0.25) is 0 Å². The Balaban J connectivity index is 0.00000256. The summed E-state index contributed by atoms with van der Waals surface area (Å²) in [6, 6.07) is 1.80. The highest BCUT2D eigenvalue weighted by Crippen LogP contribution is 2.11. The van der Waals surface area contributed by atoms with E-state index in [1.54, 1.807) is 6.07 Å². The van der Waals surface area contributed by atoms with Crippen molar-refractivity contribution in [1.82, 2.24) is 20.8 Å². The van der Waals surface area contributed by atoms with Gasteiger partial charge in [0.05, 0.1) is 0 Å². The van der Waals surface area contributed by atoms with Gasteiger partial charge in [0, 0.05) is 18.8 Å². The lowest BCUT2D eigenvalue weighted by molar-refractivity contribution is 0.0949. The normalized spacial score (nSPS) is 10.1. The summed E-state index contributed by atoms with van der Waals surface area (Å²) < 4.78 is 0. The third-order valence-electron chi connectivity index (χ3n) is 2.29. The Morgan fingerprint density at radius 3 is 2.71 bits per heavy atom. The number of carbonyl (C=O) groups is 1. The molecular formula is C11H21ClN4O. The number of carbonyl (C=O) groups excluding carboxylic acids is 1. The summed E-state index contributed by atoms with van der Waals surface area (Å²) in [5.74, 6) is 0.233. The molecule has 0 atom stereocenters. The molecule has 6 heteroatoms. The molecule has 98 valence electrons. The van der Waals surface area contributed by atoms with Crippen molar-refractivity contribution in [3.63, 3.8) is 0 Å². The molecule has 0 saturated heterocycles. The van der Waals surface area contributed by atoms with E-state index in [2.05, 4.69) is 34.7 Å². The Bertz CT molecular complexity index is 338. The largest absolute Gasteiger partial charge is 0.349 e. The first kappa shape index (κ1) is 15.9. The molecule has 0 radical (unpaired) electrons. The van der Waals surface area contributed by atoms with Crippen LogP contribution in [0.15, 0.2) is 6.07 Å². The van der Waals surface area contributed by atoms with Gasteiger partial charge in [-0.25, -0.2) is 0 Å². The van der Waals surface area contributed by atoms with Gasteiger partial charge in [0.25, 0.3) is 5.91 Å². The highest BCUT2D eigenvalue weighted by molar-refractivity contribution is 5.92. The van der Waals surface area contributed by atoms with E-state index in [1.165, 1.54) is 0 Å². The highest BCUT2D eigenvalue weighted by Gasteiger charge is 2.10. The molecular weight excluding hydrogens is 240 g/mol. The number of nitrogens with one attached hydrogen (secondary N) is 3. The van der Waals surface area contributed by atoms with Gasteiger partial charge < -0.3 is 10.6 Å². The van der Waals surface area contributed by atoms with Crippen LogP contribution in [0.5, 0.6) is 0 Å². The molecule has 3 N–H and O–H groups in total. The molecule has 17 heavy (non-hydrogen) atoms.